The van der Waals surface area contributed by atoms with E-state index in [1.807, 2.05) is 24.6 Å². The molecule has 0 spiro atoms. The van der Waals surface area contributed by atoms with Crippen molar-refractivity contribution in [2.75, 3.05) is 12.8 Å². The fourth-order valence-electron chi connectivity index (χ4n) is 1.58. The second kappa shape index (κ2) is 6.57. The van der Waals surface area contributed by atoms with E-state index >= 15 is 0 Å². The quantitative estimate of drug-likeness (QED) is 0.810. The van der Waals surface area contributed by atoms with Crippen LogP contribution in [0.1, 0.15) is 10.9 Å². The second-order valence-electron chi connectivity index (χ2n) is 3.74. The van der Waals surface area contributed by atoms with Gasteiger partial charge in [-0.2, -0.15) is 0 Å². The molecular weight excluding hydrogens is 289 g/mol. The van der Waals surface area contributed by atoms with Gasteiger partial charge in [0.25, 0.3) is 0 Å². The Labute approximate surface area is 119 Å². The lowest BCUT2D eigenvalue weighted by Gasteiger charge is -2.14. The zero-order valence-electron chi connectivity index (χ0n) is 9.82. The van der Waals surface area contributed by atoms with Gasteiger partial charge >= 0.3 is 0 Å². The molecule has 0 radical (unpaired) electrons. The third-order valence-electron chi connectivity index (χ3n) is 2.52. The average molecular weight is 302 g/mol. The van der Waals surface area contributed by atoms with Gasteiger partial charge in [-0.05, 0) is 36.7 Å². The highest BCUT2D eigenvalue weighted by atomic mass is 35.5. The van der Waals surface area contributed by atoms with E-state index in [0.717, 1.165) is 20.5 Å². The molecule has 1 heterocycles. The van der Waals surface area contributed by atoms with Crippen LogP contribution in [-0.4, -0.2) is 12.8 Å². The zero-order valence-corrected chi connectivity index (χ0v) is 12.2. The number of thioether (sulfide) groups is 1. The first-order valence-electron chi connectivity index (χ1n) is 5.49. The Bertz CT molecular complexity index is 515. The number of thiophene rings is 1. The first-order chi connectivity index (χ1) is 8.70. The van der Waals surface area contributed by atoms with Gasteiger partial charge in [-0.15, -0.1) is 23.1 Å². The SMILES string of the molecule is CNC(CSc1cccc(F)c1)c1sccc1Cl. The number of hydrogen-bond acceptors (Lipinski definition) is 3. The van der Waals surface area contributed by atoms with Crippen molar-refractivity contribution in [1.29, 1.82) is 0 Å². The maximum absolute atomic E-state index is 13.1. The molecule has 0 aliphatic rings. The van der Waals surface area contributed by atoms with Gasteiger partial charge in [0.2, 0.25) is 0 Å². The summed E-state index contributed by atoms with van der Waals surface area (Å²) in [7, 11) is 1.91. The smallest absolute Gasteiger partial charge is 0.124 e. The highest BCUT2D eigenvalue weighted by Crippen LogP contribution is 2.32. The van der Waals surface area contributed by atoms with Crippen LogP contribution in [0.25, 0.3) is 0 Å². The predicted octanol–water partition coefficient (Wildman–Crippen LogP) is 4.59. The average Bonchev–Trinajstić information content (AvgIpc) is 2.77. The van der Waals surface area contributed by atoms with Crippen LogP contribution in [0.5, 0.6) is 0 Å². The number of benzene rings is 1. The summed E-state index contributed by atoms with van der Waals surface area (Å²) in [5, 5.41) is 6.01. The van der Waals surface area contributed by atoms with Crippen molar-refractivity contribution in [3.8, 4) is 0 Å². The summed E-state index contributed by atoms with van der Waals surface area (Å²) < 4.78 is 13.1. The van der Waals surface area contributed by atoms with Gasteiger partial charge in [0.05, 0.1) is 11.1 Å². The molecule has 5 heteroatoms. The molecule has 1 unspecified atom stereocenters. The van der Waals surface area contributed by atoms with E-state index in [1.165, 1.54) is 6.07 Å². The minimum atomic E-state index is -0.199. The lowest BCUT2D eigenvalue weighted by atomic mass is 10.3. The molecule has 1 atom stereocenters. The number of hydrogen-bond donors (Lipinski definition) is 1. The van der Waals surface area contributed by atoms with Gasteiger partial charge in [-0.25, -0.2) is 4.39 Å². The van der Waals surface area contributed by atoms with E-state index in [4.69, 9.17) is 11.6 Å². The number of halogens is 2. The summed E-state index contributed by atoms with van der Waals surface area (Å²) in [4.78, 5) is 2.06. The molecule has 1 N–H and O–H groups in total. The van der Waals surface area contributed by atoms with Crippen molar-refractivity contribution >= 4 is 34.7 Å². The molecule has 0 bridgehead atoms. The summed E-state index contributed by atoms with van der Waals surface area (Å²) in [6.07, 6.45) is 0. The normalized spacial score (nSPS) is 12.6. The standard InChI is InChI=1S/C13H13ClFNS2/c1-16-12(13-11(14)5-6-17-13)8-18-10-4-2-3-9(15)7-10/h2-7,12,16H,8H2,1H3. The van der Waals surface area contributed by atoms with Crippen LogP contribution in [0, 0.1) is 5.82 Å². The topological polar surface area (TPSA) is 12.0 Å². The summed E-state index contributed by atoms with van der Waals surface area (Å²) in [6, 6.07) is 8.73. The van der Waals surface area contributed by atoms with Crippen LogP contribution in [-0.2, 0) is 0 Å². The van der Waals surface area contributed by atoms with Crippen molar-refractivity contribution < 1.29 is 4.39 Å². The van der Waals surface area contributed by atoms with E-state index in [1.54, 1.807) is 35.2 Å². The van der Waals surface area contributed by atoms with Crippen LogP contribution in [0.4, 0.5) is 4.39 Å². The Morgan fingerprint density at radius 1 is 1.44 bits per heavy atom. The lowest BCUT2D eigenvalue weighted by molar-refractivity contribution is 0.624. The molecule has 0 amide bonds. The van der Waals surface area contributed by atoms with Crippen molar-refractivity contribution in [3.05, 3.63) is 51.4 Å². The van der Waals surface area contributed by atoms with E-state index in [0.29, 0.717) is 0 Å². The minimum Gasteiger partial charge on any atom is -0.312 e. The van der Waals surface area contributed by atoms with Gasteiger partial charge in [0.1, 0.15) is 5.82 Å². The Kier molecular flexibility index (Phi) is 5.06. The molecule has 0 fully saturated rings. The summed E-state index contributed by atoms with van der Waals surface area (Å²) in [5.74, 6) is 0.621. The van der Waals surface area contributed by atoms with Crippen molar-refractivity contribution in [2.24, 2.45) is 0 Å². The fourth-order valence-corrected chi connectivity index (χ4v) is 4.05. The van der Waals surface area contributed by atoms with E-state index in [9.17, 15) is 4.39 Å². The van der Waals surface area contributed by atoms with Crippen LogP contribution in [0.3, 0.4) is 0 Å². The first kappa shape index (κ1) is 13.9. The highest BCUT2D eigenvalue weighted by molar-refractivity contribution is 7.99. The summed E-state index contributed by atoms with van der Waals surface area (Å²) >= 11 is 9.38. The third kappa shape index (κ3) is 3.48. The maximum Gasteiger partial charge on any atom is 0.124 e. The molecule has 18 heavy (non-hydrogen) atoms. The van der Waals surface area contributed by atoms with Crippen LogP contribution >= 0.6 is 34.7 Å². The number of rotatable bonds is 5. The minimum absolute atomic E-state index is 0.186. The summed E-state index contributed by atoms with van der Waals surface area (Å²) in [6.45, 7) is 0. The predicted molar refractivity (Wildman–Crippen MR) is 78.3 cm³/mol. The molecule has 1 aromatic carbocycles. The number of nitrogens with one attached hydrogen (secondary N) is 1. The third-order valence-corrected chi connectivity index (χ3v) is 5.08. The van der Waals surface area contributed by atoms with Gasteiger partial charge in [0.15, 0.2) is 0 Å². The van der Waals surface area contributed by atoms with Gasteiger partial charge in [0, 0.05) is 15.5 Å². The largest absolute Gasteiger partial charge is 0.312 e. The van der Waals surface area contributed by atoms with Crippen molar-refractivity contribution in [1.82, 2.24) is 5.32 Å². The molecule has 2 aromatic rings. The molecule has 1 aromatic heterocycles. The lowest BCUT2D eigenvalue weighted by Crippen LogP contribution is -2.17. The molecule has 0 saturated heterocycles. The molecule has 1 nitrogen and oxygen atoms in total. The molecule has 0 aliphatic carbocycles. The van der Waals surface area contributed by atoms with Crippen LogP contribution in [0.15, 0.2) is 40.6 Å². The monoisotopic (exact) mass is 301 g/mol. The Hall–Kier alpha value is -0.550. The Morgan fingerprint density at radius 2 is 2.28 bits per heavy atom. The van der Waals surface area contributed by atoms with Crippen molar-refractivity contribution in [2.45, 2.75) is 10.9 Å². The van der Waals surface area contributed by atoms with Crippen LogP contribution < -0.4 is 5.32 Å². The fraction of sp³-hybridized carbons (Fsp3) is 0.231. The van der Waals surface area contributed by atoms with E-state index in [2.05, 4.69) is 5.32 Å². The molecule has 0 saturated carbocycles. The molecule has 96 valence electrons. The van der Waals surface area contributed by atoms with Gasteiger partial charge < -0.3 is 5.32 Å². The maximum atomic E-state index is 13.1. The van der Waals surface area contributed by atoms with Crippen molar-refractivity contribution in [3.63, 3.8) is 0 Å². The molecular formula is C13H13ClFNS2. The Morgan fingerprint density at radius 3 is 2.89 bits per heavy atom. The van der Waals surface area contributed by atoms with Gasteiger partial charge in [-0.1, -0.05) is 17.7 Å². The van der Waals surface area contributed by atoms with E-state index < -0.39 is 0 Å². The van der Waals surface area contributed by atoms with Gasteiger partial charge in [-0.3, -0.25) is 0 Å². The Balaban J connectivity index is 2.02. The second-order valence-corrected chi connectivity index (χ2v) is 6.19. The van der Waals surface area contributed by atoms with Crippen LogP contribution in [0.2, 0.25) is 5.02 Å². The summed E-state index contributed by atoms with van der Waals surface area (Å²) in [5.41, 5.74) is 0. The zero-order chi connectivity index (χ0) is 13.0. The van der Waals surface area contributed by atoms with E-state index in [-0.39, 0.29) is 11.9 Å². The molecule has 0 aliphatic heterocycles. The first-order valence-corrected chi connectivity index (χ1v) is 7.73. The molecule has 2 rings (SSSR count). The highest BCUT2D eigenvalue weighted by Gasteiger charge is 2.14.